The molecule has 0 aliphatic rings. The van der Waals surface area contributed by atoms with E-state index in [9.17, 15) is 4.79 Å². The Morgan fingerprint density at radius 2 is 2.00 bits per heavy atom. The van der Waals surface area contributed by atoms with Gasteiger partial charge in [-0.05, 0) is 49.2 Å². The normalized spacial score (nSPS) is 11.6. The van der Waals surface area contributed by atoms with Gasteiger partial charge in [-0.15, -0.1) is 11.3 Å². The number of hydrogen-bond donors (Lipinski definition) is 3. The van der Waals surface area contributed by atoms with Crippen LogP contribution in [0.5, 0.6) is 0 Å². The summed E-state index contributed by atoms with van der Waals surface area (Å²) in [5.74, 6) is 0.0802. The van der Waals surface area contributed by atoms with Crippen LogP contribution >= 0.6 is 11.3 Å². The molecule has 5 heterocycles. The van der Waals surface area contributed by atoms with Gasteiger partial charge in [0.05, 0.1) is 28.3 Å². The highest BCUT2D eigenvalue weighted by Crippen LogP contribution is 2.36. The molecule has 0 aliphatic carbocycles. The Bertz CT molecular complexity index is 1820. The Labute approximate surface area is 221 Å². The van der Waals surface area contributed by atoms with Crippen molar-refractivity contribution < 1.29 is 9.18 Å². The molecule has 1 aromatic carbocycles. The summed E-state index contributed by atoms with van der Waals surface area (Å²) in [6, 6.07) is 11.2. The number of aryl methyl sites for hydroxylation is 1. The summed E-state index contributed by atoms with van der Waals surface area (Å²) in [4.78, 5) is 31.1. The Balaban J connectivity index is 1.42. The number of amides is 1. The summed E-state index contributed by atoms with van der Waals surface area (Å²) in [6.45, 7) is 6.01. The van der Waals surface area contributed by atoms with Gasteiger partial charge >= 0.3 is 0 Å². The molecule has 10 heteroatoms. The molecule has 0 aliphatic heterocycles. The molecule has 6 aromatic rings. The summed E-state index contributed by atoms with van der Waals surface area (Å²) >= 11 is 1.68. The van der Waals surface area contributed by atoms with Crippen molar-refractivity contribution in [2.24, 2.45) is 5.92 Å². The smallest absolute Gasteiger partial charge is 0.224 e. The molecule has 3 N–H and O–H groups in total. The van der Waals surface area contributed by atoms with Crippen molar-refractivity contribution >= 4 is 45.0 Å². The van der Waals surface area contributed by atoms with Crippen LogP contribution in [0.1, 0.15) is 25.1 Å². The average Bonchev–Trinajstić information content (AvgIpc) is 3.61. The molecule has 0 radical (unpaired) electrons. The van der Waals surface area contributed by atoms with Crippen molar-refractivity contribution in [1.82, 2.24) is 30.1 Å². The van der Waals surface area contributed by atoms with E-state index in [0.717, 1.165) is 16.0 Å². The molecular weight excluding hydrogens is 501 g/mol. The molecule has 6 rings (SSSR count). The fraction of sp³-hybridized carbons (Fsp3) is 0.179. The fourth-order valence-electron chi connectivity index (χ4n) is 4.51. The number of imidazole rings is 1. The lowest BCUT2D eigenvalue weighted by atomic mass is 10.0. The summed E-state index contributed by atoms with van der Waals surface area (Å²) in [7, 11) is 0. The zero-order valence-electron chi connectivity index (χ0n) is 21.0. The number of fused-ring (bicyclic) bond motifs is 2. The topological polar surface area (TPSA) is 112 Å². The number of pyridine rings is 2. The van der Waals surface area contributed by atoms with Crippen molar-refractivity contribution in [1.29, 1.82) is 0 Å². The number of H-pyrrole nitrogens is 2. The van der Waals surface area contributed by atoms with E-state index in [-0.39, 0.29) is 11.8 Å². The minimum atomic E-state index is -0.457. The minimum absolute atomic E-state index is 0.109. The third-order valence-electron chi connectivity index (χ3n) is 6.22. The van der Waals surface area contributed by atoms with E-state index in [4.69, 9.17) is 0 Å². The van der Waals surface area contributed by atoms with Crippen LogP contribution in [-0.4, -0.2) is 36.0 Å². The van der Waals surface area contributed by atoms with Crippen molar-refractivity contribution in [3.8, 4) is 33.1 Å². The molecule has 38 heavy (non-hydrogen) atoms. The highest BCUT2D eigenvalue weighted by Gasteiger charge is 2.21. The molecule has 0 atom stereocenters. The predicted octanol–water partition coefficient (Wildman–Crippen LogP) is 6.72. The first-order chi connectivity index (χ1) is 18.4. The van der Waals surface area contributed by atoms with Crippen LogP contribution in [0.2, 0.25) is 0 Å². The van der Waals surface area contributed by atoms with Crippen molar-refractivity contribution in [3.63, 3.8) is 0 Å². The zero-order chi connectivity index (χ0) is 26.4. The first kappa shape index (κ1) is 23.9. The molecule has 0 fully saturated rings. The highest BCUT2D eigenvalue weighted by atomic mass is 32.1. The van der Waals surface area contributed by atoms with Gasteiger partial charge in [0.25, 0.3) is 0 Å². The minimum Gasteiger partial charge on any atom is -0.335 e. The number of carbonyl (C=O) groups excluding carboxylic acids is 1. The van der Waals surface area contributed by atoms with Crippen LogP contribution in [0, 0.1) is 18.7 Å². The number of benzene rings is 1. The maximum Gasteiger partial charge on any atom is 0.224 e. The van der Waals surface area contributed by atoms with Gasteiger partial charge in [0.15, 0.2) is 11.5 Å². The van der Waals surface area contributed by atoms with E-state index in [1.807, 2.05) is 19.9 Å². The summed E-state index contributed by atoms with van der Waals surface area (Å²) in [5, 5.41) is 10.5. The molecule has 0 unspecified atom stereocenters. The highest BCUT2D eigenvalue weighted by molar-refractivity contribution is 7.15. The van der Waals surface area contributed by atoms with Crippen molar-refractivity contribution in [2.75, 3.05) is 5.32 Å². The first-order valence-corrected chi connectivity index (χ1v) is 13.0. The molecule has 8 nitrogen and oxygen atoms in total. The molecular formula is C28H24FN7OS. The number of aromatic nitrogens is 6. The van der Waals surface area contributed by atoms with Crippen LogP contribution in [0.15, 0.2) is 55.0 Å². The van der Waals surface area contributed by atoms with E-state index in [1.165, 1.54) is 4.88 Å². The Morgan fingerprint density at radius 1 is 1.13 bits per heavy atom. The second kappa shape index (κ2) is 9.46. The number of nitrogens with zero attached hydrogens (tertiary/aromatic N) is 4. The van der Waals surface area contributed by atoms with Gasteiger partial charge < -0.3 is 10.3 Å². The van der Waals surface area contributed by atoms with Crippen molar-refractivity contribution in [2.45, 2.75) is 27.2 Å². The number of thiophene rings is 1. The van der Waals surface area contributed by atoms with Gasteiger partial charge in [-0.2, -0.15) is 5.10 Å². The quantitative estimate of drug-likeness (QED) is 0.223. The van der Waals surface area contributed by atoms with Crippen LogP contribution in [0.4, 0.5) is 10.1 Å². The fourth-order valence-corrected chi connectivity index (χ4v) is 5.41. The molecule has 5 aromatic heterocycles. The average molecular weight is 526 g/mol. The molecule has 1 amide bonds. The molecule has 0 bridgehead atoms. The summed E-state index contributed by atoms with van der Waals surface area (Å²) < 4.78 is 16.1. The number of halogens is 1. The van der Waals surface area contributed by atoms with Crippen LogP contribution in [0.25, 0.3) is 55.2 Å². The van der Waals surface area contributed by atoms with Gasteiger partial charge in [-0.3, -0.25) is 14.9 Å². The molecule has 0 saturated carbocycles. The Kier molecular flexibility index (Phi) is 5.96. The monoisotopic (exact) mass is 525 g/mol. The number of carbonyl (C=O) groups is 1. The van der Waals surface area contributed by atoms with Crippen LogP contribution in [-0.2, 0) is 4.79 Å². The summed E-state index contributed by atoms with van der Waals surface area (Å²) in [5.41, 5.74) is 4.58. The number of aromatic amines is 2. The van der Waals surface area contributed by atoms with Gasteiger partial charge in [0.2, 0.25) is 5.91 Å². The maximum atomic E-state index is 16.1. The Morgan fingerprint density at radius 3 is 2.79 bits per heavy atom. The molecule has 0 saturated heterocycles. The third kappa shape index (κ3) is 4.32. The lowest BCUT2D eigenvalue weighted by Gasteiger charge is -2.09. The van der Waals surface area contributed by atoms with Gasteiger partial charge in [-0.25, -0.2) is 14.4 Å². The zero-order valence-corrected chi connectivity index (χ0v) is 21.8. The number of anilines is 1. The third-order valence-corrected chi connectivity index (χ3v) is 7.25. The standard InChI is InChI=1S/C28H24FN7OS/c1-14(2)10-22(37)32-17-11-16(12-30-13-17)18-5-6-20-23(24(18)29)26(36-35-20)28-33-25-19(8-9-31-27(25)34-28)21-7-4-15(3)38-21/h4-9,11-14H,10H2,1-3H3,(H,32,37)(H,35,36)(H,31,33,34). The van der Waals surface area contributed by atoms with E-state index in [1.54, 1.807) is 48.1 Å². The second-order valence-electron chi connectivity index (χ2n) is 9.58. The van der Waals surface area contributed by atoms with E-state index < -0.39 is 5.82 Å². The lowest BCUT2D eigenvalue weighted by Crippen LogP contribution is -2.14. The summed E-state index contributed by atoms with van der Waals surface area (Å²) in [6.07, 6.45) is 5.24. The first-order valence-electron chi connectivity index (χ1n) is 12.2. The van der Waals surface area contributed by atoms with Crippen LogP contribution in [0.3, 0.4) is 0 Å². The van der Waals surface area contributed by atoms with Crippen LogP contribution < -0.4 is 5.32 Å². The Hall–Kier alpha value is -4.44. The largest absolute Gasteiger partial charge is 0.335 e. The van der Waals surface area contributed by atoms with E-state index in [2.05, 4.69) is 54.5 Å². The van der Waals surface area contributed by atoms with Crippen molar-refractivity contribution in [3.05, 3.63) is 65.7 Å². The molecule has 0 spiro atoms. The van der Waals surface area contributed by atoms with Gasteiger partial charge in [0, 0.05) is 45.3 Å². The van der Waals surface area contributed by atoms with E-state index in [0.29, 0.717) is 51.3 Å². The number of nitrogens with one attached hydrogen (secondary N) is 3. The maximum absolute atomic E-state index is 16.1. The van der Waals surface area contributed by atoms with E-state index >= 15 is 4.39 Å². The second-order valence-corrected chi connectivity index (χ2v) is 10.9. The number of rotatable bonds is 6. The van der Waals surface area contributed by atoms with Gasteiger partial charge in [0.1, 0.15) is 11.5 Å². The number of hydrogen-bond acceptors (Lipinski definition) is 6. The lowest BCUT2D eigenvalue weighted by molar-refractivity contribution is -0.116. The predicted molar refractivity (Wildman–Crippen MR) is 148 cm³/mol. The SMILES string of the molecule is Cc1ccc(-c2ccnc3nc(-c4n[nH]c5ccc(-c6cncc(NC(=O)CC(C)C)c6)c(F)c45)[nH]c23)s1. The molecule has 190 valence electrons. The van der Waals surface area contributed by atoms with Gasteiger partial charge in [-0.1, -0.05) is 13.8 Å².